The molecular weight excluding hydrogens is 614 g/mol. The van der Waals surface area contributed by atoms with Gasteiger partial charge in [-0.2, -0.15) is 0 Å². The van der Waals surface area contributed by atoms with Crippen molar-refractivity contribution >= 4 is 29.2 Å². The maximum atomic E-state index is 14.4. The van der Waals surface area contributed by atoms with Crippen molar-refractivity contribution in [1.82, 2.24) is 15.0 Å². The van der Waals surface area contributed by atoms with Crippen molar-refractivity contribution in [2.45, 2.75) is 78.6 Å². The largest absolute Gasteiger partial charge is 0.490 e. The Labute approximate surface area is 282 Å². The first-order chi connectivity index (χ1) is 23.0. The van der Waals surface area contributed by atoms with E-state index in [2.05, 4.69) is 15.8 Å². The SMILES string of the molecule is Cc1noc(C)c1NC(=O)N(C)C[C@@H]1OCCCC[C@H](C)Oc2ccc(NC(=O)Cc3ccccc3)cc2C(=O)N([C@@H](C)CO)C[C@@H]1C. The standard InChI is InChI=1S/C36H49N5O7/c1-23-20-41(24(2)22-42)35(44)30-19-29(37-33(43)18-28-13-8-7-9-14-28)15-16-31(30)47-25(3)12-10-11-17-46-32(23)21-40(6)36(45)38-34-26(4)39-48-27(34)5/h7-9,13-16,19,23-25,32,42H,10-12,17-18,20-22H2,1-6H3,(H,37,43)(H,38,45)/t23-,24-,25-,32-/m0/s1. The van der Waals surface area contributed by atoms with Crippen molar-refractivity contribution in [2.75, 3.05) is 44.0 Å². The maximum absolute atomic E-state index is 14.4. The van der Waals surface area contributed by atoms with Crippen molar-refractivity contribution in [2.24, 2.45) is 5.92 Å². The summed E-state index contributed by atoms with van der Waals surface area (Å²) in [6.07, 6.45) is 1.97. The van der Waals surface area contributed by atoms with Gasteiger partial charge in [-0.3, -0.25) is 9.59 Å². The Balaban J connectivity index is 1.58. The average Bonchev–Trinajstić information content (AvgIpc) is 3.38. The lowest BCUT2D eigenvalue weighted by Crippen LogP contribution is -2.48. The van der Waals surface area contributed by atoms with E-state index in [1.54, 1.807) is 55.8 Å². The number of aliphatic hydroxyl groups is 1. The van der Waals surface area contributed by atoms with Gasteiger partial charge in [-0.05, 0) is 70.7 Å². The van der Waals surface area contributed by atoms with Crippen LogP contribution >= 0.6 is 0 Å². The highest BCUT2D eigenvalue weighted by Crippen LogP contribution is 2.29. The smallest absolute Gasteiger partial charge is 0.321 e. The lowest BCUT2D eigenvalue weighted by atomic mass is 10.0. The number of carbonyl (C=O) groups is 3. The zero-order valence-electron chi connectivity index (χ0n) is 28.8. The van der Waals surface area contributed by atoms with Crippen molar-refractivity contribution in [1.29, 1.82) is 0 Å². The van der Waals surface area contributed by atoms with Crippen LogP contribution in [-0.2, 0) is 16.0 Å². The van der Waals surface area contributed by atoms with Crippen molar-refractivity contribution in [3.63, 3.8) is 0 Å². The Morgan fingerprint density at radius 2 is 1.85 bits per heavy atom. The number of hydrogen-bond donors (Lipinski definition) is 3. The number of aryl methyl sites for hydroxylation is 2. The molecule has 0 bridgehead atoms. The Kier molecular flexibility index (Phi) is 13.0. The number of benzene rings is 2. The van der Waals surface area contributed by atoms with Crippen molar-refractivity contribution in [3.8, 4) is 5.75 Å². The van der Waals surface area contributed by atoms with E-state index in [4.69, 9.17) is 14.0 Å². The summed E-state index contributed by atoms with van der Waals surface area (Å²) in [6, 6.07) is 13.7. The van der Waals surface area contributed by atoms with Crippen LogP contribution < -0.4 is 15.4 Å². The molecule has 0 saturated heterocycles. The number of rotatable bonds is 8. The third kappa shape index (κ3) is 9.80. The minimum atomic E-state index is -0.532. The number of amides is 4. The van der Waals surface area contributed by atoms with E-state index >= 15 is 0 Å². The molecule has 12 nitrogen and oxygen atoms in total. The molecule has 1 aromatic heterocycles. The zero-order chi connectivity index (χ0) is 34.8. The number of aromatic nitrogens is 1. The number of nitrogens with zero attached hydrogens (tertiary/aromatic N) is 3. The summed E-state index contributed by atoms with van der Waals surface area (Å²) < 4.78 is 17.8. The summed E-state index contributed by atoms with van der Waals surface area (Å²) in [7, 11) is 1.69. The summed E-state index contributed by atoms with van der Waals surface area (Å²) in [5, 5.41) is 19.9. The molecule has 48 heavy (non-hydrogen) atoms. The molecule has 0 saturated carbocycles. The zero-order valence-corrected chi connectivity index (χ0v) is 28.8. The van der Waals surface area contributed by atoms with Gasteiger partial charge in [0.15, 0.2) is 5.76 Å². The number of hydrogen-bond acceptors (Lipinski definition) is 8. The molecule has 0 spiro atoms. The summed E-state index contributed by atoms with van der Waals surface area (Å²) in [4.78, 5) is 43.6. The van der Waals surface area contributed by atoms with Crippen LogP contribution in [0, 0.1) is 19.8 Å². The number of fused-ring (bicyclic) bond motifs is 1. The van der Waals surface area contributed by atoms with Crippen LogP contribution in [-0.4, -0.2) is 89.5 Å². The highest BCUT2D eigenvalue weighted by Gasteiger charge is 2.31. The lowest BCUT2D eigenvalue weighted by molar-refractivity contribution is -0.115. The molecule has 4 atom stereocenters. The molecule has 0 fully saturated rings. The predicted octanol–water partition coefficient (Wildman–Crippen LogP) is 5.43. The number of anilines is 2. The molecule has 2 heterocycles. The quantitative estimate of drug-likeness (QED) is 0.289. The molecule has 0 aliphatic carbocycles. The van der Waals surface area contributed by atoms with Crippen molar-refractivity contribution in [3.05, 3.63) is 71.1 Å². The van der Waals surface area contributed by atoms with Crippen molar-refractivity contribution < 1.29 is 33.5 Å². The summed E-state index contributed by atoms with van der Waals surface area (Å²) in [6.45, 7) is 9.93. The van der Waals surface area contributed by atoms with Gasteiger partial charge in [0.05, 0.1) is 36.8 Å². The fraction of sp³-hybridized carbons (Fsp3) is 0.500. The number of aliphatic hydroxyl groups excluding tert-OH is 1. The number of ether oxygens (including phenoxy) is 2. The molecule has 3 N–H and O–H groups in total. The fourth-order valence-electron chi connectivity index (χ4n) is 5.67. The van der Waals surface area contributed by atoms with Crippen LogP contribution in [0.3, 0.4) is 0 Å². The average molecular weight is 664 g/mol. The van der Waals surface area contributed by atoms with Gasteiger partial charge in [-0.15, -0.1) is 0 Å². The Morgan fingerprint density at radius 3 is 2.54 bits per heavy atom. The normalized spacial score (nSPS) is 19.8. The van der Waals surface area contributed by atoms with E-state index in [1.165, 1.54) is 0 Å². The fourth-order valence-corrected chi connectivity index (χ4v) is 5.67. The highest BCUT2D eigenvalue weighted by atomic mass is 16.5. The van der Waals surface area contributed by atoms with Crippen LogP contribution in [0.4, 0.5) is 16.2 Å². The molecule has 12 heteroatoms. The van der Waals surface area contributed by atoms with Crippen LogP contribution in [0.15, 0.2) is 53.1 Å². The van der Waals surface area contributed by atoms with Gasteiger partial charge in [-0.1, -0.05) is 42.4 Å². The minimum Gasteiger partial charge on any atom is -0.490 e. The second-order valence-electron chi connectivity index (χ2n) is 12.7. The van der Waals surface area contributed by atoms with Crippen LogP contribution in [0.5, 0.6) is 5.75 Å². The van der Waals surface area contributed by atoms with Gasteiger partial charge in [0.2, 0.25) is 5.91 Å². The molecule has 4 rings (SSSR count). The number of likely N-dealkylation sites (N-methyl/N-ethyl adjacent to an activating group) is 1. The first kappa shape index (κ1) is 36.4. The third-order valence-corrected chi connectivity index (χ3v) is 8.61. The molecule has 0 radical (unpaired) electrons. The van der Waals surface area contributed by atoms with E-state index in [1.807, 2.05) is 44.2 Å². The lowest BCUT2D eigenvalue weighted by Gasteiger charge is -2.35. The number of urea groups is 1. The molecule has 4 amide bonds. The second kappa shape index (κ2) is 17.1. The maximum Gasteiger partial charge on any atom is 0.321 e. The highest BCUT2D eigenvalue weighted by molar-refractivity contribution is 6.00. The topological polar surface area (TPSA) is 146 Å². The van der Waals surface area contributed by atoms with Gasteiger partial charge < -0.3 is 39.5 Å². The van der Waals surface area contributed by atoms with Crippen LogP contribution in [0.25, 0.3) is 0 Å². The molecule has 1 aliphatic rings. The molecule has 0 unspecified atom stereocenters. The van der Waals surface area contributed by atoms with E-state index in [9.17, 15) is 19.5 Å². The predicted molar refractivity (Wildman–Crippen MR) is 183 cm³/mol. The van der Waals surface area contributed by atoms with Gasteiger partial charge in [0.1, 0.15) is 17.1 Å². The van der Waals surface area contributed by atoms with Gasteiger partial charge >= 0.3 is 6.03 Å². The molecule has 2 aromatic carbocycles. The molecule has 3 aromatic rings. The summed E-state index contributed by atoms with van der Waals surface area (Å²) in [5.41, 5.74) is 2.75. The minimum absolute atomic E-state index is 0.185. The molecule has 1 aliphatic heterocycles. The van der Waals surface area contributed by atoms with E-state index in [-0.39, 0.29) is 61.5 Å². The van der Waals surface area contributed by atoms with E-state index in [0.717, 1.165) is 24.8 Å². The summed E-state index contributed by atoms with van der Waals surface area (Å²) in [5.74, 6) is 0.154. The van der Waals surface area contributed by atoms with E-state index in [0.29, 0.717) is 35.2 Å². The summed E-state index contributed by atoms with van der Waals surface area (Å²) >= 11 is 0. The van der Waals surface area contributed by atoms with Crippen LogP contribution in [0.1, 0.15) is 67.4 Å². The molecule has 260 valence electrons. The Morgan fingerprint density at radius 1 is 1.10 bits per heavy atom. The van der Waals surface area contributed by atoms with Crippen LogP contribution in [0.2, 0.25) is 0 Å². The number of nitrogens with one attached hydrogen (secondary N) is 2. The molecular formula is C36H49N5O7. The number of carbonyl (C=O) groups excluding carboxylic acids is 3. The first-order valence-corrected chi connectivity index (χ1v) is 16.6. The monoisotopic (exact) mass is 663 g/mol. The van der Waals surface area contributed by atoms with E-state index < -0.39 is 12.1 Å². The van der Waals surface area contributed by atoms with Gasteiger partial charge in [-0.25, -0.2) is 4.79 Å². The third-order valence-electron chi connectivity index (χ3n) is 8.61. The first-order valence-electron chi connectivity index (χ1n) is 16.6. The Bertz CT molecular complexity index is 1510. The van der Waals surface area contributed by atoms with Gasteiger partial charge in [0, 0.05) is 38.3 Å². The Hall–Kier alpha value is -4.42. The van der Waals surface area contributed by atoms with Gasteiger partial charge in [0.25, 0.3) is 5.91 Å². The second-order valence-corrected chi connectivity index (χ2v) is 12.7.